The quantitative estimate of drug-likeness (QED) is 0.263. The Kier molecular flexibility index (Phi) is 6.36. The molecule has 13 heteroatoms. The van der Waals surface area contributed by atoms with Crippen molar-refractivity contribution in [3.05, 3.63) is 12.7 Å². The number of unbranched alkanes of at least 4 members (excludes halogenated alkanes) is 1. The van der Waals surface area contributed by atoms with Gasteiger partial charge in [-0.25, -0.2) is 19.7 Å². The summed E-state index contributed by atoms with van der Waals surface area (Å²) in [6, 6.07) is 0.298. The SMILES string of the molecule is O=C(CCCC[C@@H]1SC[C@@H]2NC(=O)N[C@@H]21)Nc1ncnc2c1ncn2[C@@H]1OC(CO)CC1O. The van der Waals surface area contributed by atoms with Gasteiger partial charge in [-0.1, -0.05) is 6.42 Å². The number of nitrogens with zero attached hydrogens (tertiary/aromatic N) is 4. The first-order chi connectivity index (χ1) is 16.0. The molecule has 0 radical (unpaired) electrons. The van der Waals surface area contributed by atoms with Crippen molar-refractivity contribution in [3.63, 3.8) is 0 Å². The largest absolute Gasteiger partial charge is 0.394 e. The van der Waals surface area contributed by atoms with E-state index < -0.39 is 18.4 Å². The molecule has 3 aliphatic heterocycles. The van der Waals surface area contributed by atoms with Crippen LogP contribution in [-0.2, 0) is 9.53 Å². The van der Waals surface area contributed by atoms with Crippen LogP contribution >= 0.6 is 11.8 Å². The standard InChI is InChI=1S/C20H27N7O5S/c28-6-10-5-12(29)19(32-10)27-9-23-16-17(21-8-22-18(16)27)25-14(30)4-2-1-3-13-15-11(7-33-13)24-20(31)26-15/h8-13,15,19,28-29H,1-7H2,(H2,24,26,31)(H,21,22,25,30)/t10?,11-,12?,13-,15-,19+/m0/s1. The van der Waals surface area contributed by atoms with E-state index in [0.717, 1.165) is 25.0 Å². The lowest BCUT2D eigenvalue weighted by molar-refractivity contribution is -0.116. The molecule has 178 valence electrons. The minimum absolute atomic E-state index is 0.0875. The highest BCUT2D eigenvalue weighted by Gasteiger charge is 2.42. The third-order valence-electron chi connectivity index (χ3n) is 6.34. The molecule has 3 amide bonds. The van der Waals surface area contributed by atoms with Crippen LogP contribution in [-0.4, -0.2) is 83.6 Å². The van der Waals surface area contributed by atoms with Crippen molar-refractivity contribution in [3.8, 4) is 0 Å². The summed E-state index contributed by atoms with van der Waals surface area (Å²) < 4.78 is 7.28. The van der Waals surface area contributed by atoms with Gasteiger partial charge in [0.05, 0.1) is 31.1 Å². The Morgan fingerprint density at radius 1 is 1.30 bits per heavy atom. The molecule has 3 saturated heterocycles. The van der Waals surface area contributed by atoms with Gasteiger partial charge in [-0.3, -0.25) is 9.36 Å². The number of nitrogens with one attached hydrogen (secondary N) is 3. The molecule has 0 aromatic carbocycles. The number of carbonyl (C=O) groups excluding carboxylic acids is 2. The summed E-state index contributed by atoms with van der Waals surface area (Å²) in [5.74, 6) is 1.08. The van der Waals surface area contributed by atoms with Crippen LogP contribution in [0.4, 0.5) is 10.6 Å². The van der Waals surface area contributed by atoms with Crippen molar-refractivity contribution >= 4 is 40.7 Å². The second-order valence-electron chi connectivity index (χ2n) is 8.60. The van der Waals surface area contributed by atoms with Crippen LogP contribution in [0, 0.1) is 0 Å². The summed E-state index contributed by atoms with van der Waals surface area (Å²) in [6.07, 6.45) is 4.11. The van der Waals surface area contributed by atoms with Crippen LogP contribution in [0.2, 0.25) is 0 Å². The van der Waals surface area contributed by atoms with E-state index in [4.69, 9.17) is 4.74 Å². The van der Waals surface area contributed by atoms with Crippen LogP contribution in [0.3, 0.4) is 0 Å². The number of hydrogen-bond acceptors (Lipinski definition) is 9. The Morgan fingerprint density at radius 3 is 3.00 bits per heavy atom. The van der Waals surface area contributed by atoms with E-state index in [1.807, 2.05) is 11.8 Å². The number of aliphatic hydroxyl groups is 2. The lowest BCUT2D eigenvalue weighted by Gasteiger charge is -2.16. The molecule has 6 atom stereocenters. The number of amides is 3. The number of imidazole rings is 1. The zero-order chi connectivity index (χ0) is 22.9. The molecule has 5 heterocycles. The average Bonchev–Trinajstić information content (AvgIpc) is 3.55. The molecule has 12 nitrogen and oxygen atoms in total. The minimum Gasteiger partial charge on any atom is -0.394 e. The molecular weight excluding hydrogens is 450 g/mol. The van der Waals surface area contributed by atoms with E-state index >= 15 is 0 Å². The summed E-state index contributed by atoms with van der Waals surface area (Å²) >= 11 is 1.87. The molecule has 0 bridgehead atoms. The minimum atomic E-state index is -0.797. The molecule has 2 unspecified atom stereocenters. The number of rotatable bonds is 8. The van der Waals surface area contributed by atoms with Crippen LogP contribution < -0.4 is 16.0 Å². The first-order valence-electron chi connectivity index (χ1n) is 11.1. The molecule has 0 saturated carbocycles. The lowest BCUT2D eigenvalue weighted by Crippen LogP contribution is -2.36. The average molecular weight is 478 g/mol. The second-order valence-corrected chi connectivity index (χ2v) is 9.87. The molecule has 2 aromatic rings. The number of urea groups is 1. The summed E-state index contributed by atoms with van der Waals surface area (Å²) in [4.78, 5) is 36.7. The summed E-state index contributed by atoms with van der Waals surface area (Å²) in [5, 5.41) is 28.7. The normalized spacial score (nSPS) is 30.9. The first-order valence-corrected chi connectivity index (χ1v) is 12.2. The Morgan fingerprint density at radius 2 is 2.18 bits per heavy atom. The third-order valence-corrected chi connectivity index (χ3v) is 7.85. The van der Waals surface area contributed by atoms with E-state index in [1.165, 1.54) is 12.7 Å². The number of anilines is 1. The second kappa shape index (κ2) is 9.41. The third kappa shape index (κ3) is 4.50. The monoisotopic (exact) mass is 477 g/mol. The molecular formula is C20H27N7O5S. The first kappa shape index (κ1) is 22.3. The van der Waals surface area contributed by atoms with Crippen molar-refractivity contribution < 1.29 is 24.5 Å². The van der Waals surface area contributed by atoms with Gasteiger partial charge in [0.1, 0.15) is 12.4 Å². The summed E-state index contributed by atoms with van der Waals surface area (Å²) in [7, 11) is 0. The lowest BCUT2D eigenvalue weighted by atomic mass is 10.0. The van der Waals surface area contributed by atoms with Gasteiger partial charge in [0, 0.05) is 23.8 Å². The van der Waals surface area contributed by atoms with E-state index in [0.29, 0.717) is 35.1 Å². The molecule has 0 aliphatic carbocycles. The van der Waals surface area contributed by atoms with Crippen molar-refractivity contribution in [2.45, 2.75) is 67.9 Å². The number of ether oxygens (including phenoxy) is 1. The maximum absolute atomic E-state index is 12.5. The van der Waals surface area contributed by atoms with Gasteiger partial charge in [-0.15, -0.1) is 0 Å². The number of carbonyl (C=O) groups is 2. The number of aliphatic hydroxyl groups excluding tert-OH is 2. The number of hydrogen-bond donors (Lipinski definition) is 5. The van der Waals surface area contributed by atoms with E-state index in [9.17, 15) is 19.8 Å². The van der Waals surface area contributed by atoms with Crippen molar-refractivity contribution in [1.82, 2.24) is 30.2 Å². The van der Waals surface area contributed by atoms with E-state index in [-0.39, 0.29) is 30.6 Å². The fraction of sp³-hybridized carbons (Fsp3) is 0.650. The molecule has 5 N–H and O–H groups in total. The predicted molar refractivity (Wildman–Crippen MR) is 120 cm³/mol. The van der Waals surface area contributed by atoms with Crippen LogP contribution in [0.1, 0.15) is 38.3 Å². The number of fused-ring (bicyclic) bond motifs is 2. The highest BCUT2D eigenvalue weighted by Crippen LogP contribution is 2.34. The Hall–Kier alpha value is -2.48. The van der Waals surface area contributed by atoms with Gasteiger partial charge in [0.25, 0.3) is 0 Å². The molecule has 0 spiro atoms. The zero-order valence-electron chi connectivity index (χ0n) is 17.9. The van der Waals surface area contributed by atoms with Gasteiger partial charge in [-0.05, 0) is 12.8 Å². The van der Waals surface area contributed by atoms with Crippen molar-refractivity contribution in [2.24, 2.45) is 0 Å². The fourth-order valence-corrected chi connectivity index (χ4v) is 6.24. The molecule has 5 rings (SSSR count). The van der Waals surface area contributed by atoms with Gasteiger partial charge < -0.3 is 30.9 Å². The summed E-state index contributed by atoms with van der Waals surface area (Å²) in [5.41, 5.74) is 0.843. The van der Waals surface area contributed by atoms with Crippen LogP contribution in [0.25, 0.3) is 11.2 Å². The zero-order valence-corrected chi connectivity index (χ0v) is 18.7. The molecule has 2 aromatic heterocycles. The van der Waals surface area contributed by atoms with E-state index in [2.05, 4.69) is 30.9 Å². The van der Waals surface area contributed by atoms with E-state index in [1.54, 1.807) is 4.57 Å². The van der Waals surface area contributed by atoms with Crippen LogP contribution in [0.15, 0.2) is 12.7 Å². The number of aromatic nitrogens is 4. The van der Waals surface area contributed by atoms with Crippen molar-refractivity contribution in [2.75, 3.05) is 17.7 Å². The summed E-state index contributed by atoms with van der Waals surface area (Å²) in [6.45, 7) is -0.178. The Labute approximate surface area is 193 Å². The molecule has 33 heavy (non-hydrogen) atoms. The molecule has 3 aliphatic rings. The highest BCUT2D eigenvalue weighted by molar-refractivity contribution is 8.00. The van der Waals surface area contributed by atoms with Crippen molar-refractivity contribution in [1.29, 1.82) is 0 Å². The predicted octanol–water partition coefficient (Wildman–Crippen LogP) is 0.131. The maximum Gasteiger partial charge on any atom is 0.315 e. The van der Waals surface area contributed by atoms with Crippen LogP contribution in [0.5, 0.6) is 0 Å². The Bertz CT molecular complexity index is 1040. The smallest absolute Gasteiger partial charge is 0.315 e. The topological polar surface area (TPSA) is 164 Å². The number of thioether (sulfide) groups is 1. The fourth-order valence-electron chi connectivity index (χ4n) is 4.70. The van der Waals surface area contributed by atoms with Gasteiger partial charge >= 0.3 is 6.03 Å². The Balaban J connectivity index is 1.15. The molecule has 3 fully saturated rings. The van der Waals surface area contributed by atoms with Gasteiger partial charge in [0.2, 0.25) is 5.91 Å². The van der Waals surface area contributed by atoms with Gasteiger partial charge in [-0.2, -0.15) is 11.8 Å². The van der Waals surface area contributed by atoms with Gasteiger partial charge in [0.15, 0.2) is 23.2 Å². The maximum atomic E-state index is 12.5. The highest BCUT2D eigenvalue weighted by atomic mass is 32.2.